The largest absolute Gasteiger partial charge is 0.310 e. The molecule has 94 valence electrons. The molecule has 0 saturated heterocycles. The van der Waals surface area contributed by atoms with E-state index in [4.69, 9.17) is 0 Å². The van der Waals surface area contributed by atoms with Crippen LogP contribution in [0.1, 0.15) is 30.9 Å². The monoisotopic (exact) mass is 236 g/mol. The minimum Gasteiger partial charge on any atom is -0.310 e. The lowest BCUT2D eigenvalue weighted by Gasteiger charge is -2.15. The Kier molecular flexibility index (Phi) is 4.13. The number of hydrogen-bond donors (Lipinski definition) is 1. The van der Waals surface area contributed by atoms with Gasteiger partial charge in [-0.05, 0) is 38.1 Å². The summed E-state index contributed by atoms with van der Waals surface area (Å²) in [7, 11) is 2.01. The molecular formula is C14H21FN2. The molecule has 3 heteroatoms. The van der Waals surface area contributed by atoms with Crippen molar-refractivity contribution < 1.29 is 4.39 Å². The fourth-order valence-corrected chi connectivity index (χ4v) is 1.81. The van der Waals surface area contributed by atoms with E-state index in [2.05, 4.69) is 17.1 Å². The van der Waals surface area contributed by atoms with E-state index < -0.39 is 0 Å². The summed E-state index contributed by atoms with van der Waals surface area (Å²) in [5, 5.41) is 3.45. The molecule has 1 saturated carbocycles. The summed E-state index contributed by atoms with van der Waals surface area (Å²) >= 11 is 0. The topological polar surface area (TPSA) is 15.3 Å². The van der Waals surface area contributed by atoms with Gasteiger partial charge in [-0.1, -0.05) is 19.1 Å². The Labute approximate surface area is 103 Å². The van der Waals surface area contributed by atoms with Crippen molar-refractivity contribution in [2.75, 3.05) is 13.6 Å². The zero-order chi connectivity index (χ0) is 12.3. The standard InChI is InChI=1S/C14H21FN2/c1-3-17(2)10-12-8-11(4-7-14(12)15)9-16-13-5-6-13/h4,7-8,13,16H,3,5-6,9-10H2,1-2H3. The first-order chi connectivity index (χ1) is 8.19. The van der Waals surface area contributed by atoms with Crippen LogP contribution in [-0.2, 0) is 13.1 Å². The molecule has 17 heavy (non-hydrogen) atoms. The molecule has 2 rings (SSSR count). The molecule has 0 amide bonds. The first kappa shape index (κ1) is 12.5. The Hall–Kier alpha value is -0.930. The van der Waals surface area contributed by atoms with Gasteiger partial charge in [0.1, 0.15) is 5.82 Å². The quantitative estimate of drug-likeness (QED) is 0.816. The van der Waals surface area contributed by atoms with Crippen molar-refractivity contribution in [3.05, 3.63) is 35.1 Å². The second-order valence-electron chi connectivity index (χ2n) is 4.91. The second-order valence-corrected chi connectivity index (χ2v) is 4.91. The van der Waals surface area contributed by atoms with Gasteiger partial charge in [0, 0.05) is 24.7 Å². The van der Waals surface area contributed by atoms with Gasteiger partial charge in [0.05, 0.1) is 0 Å². The van der Waals surface area contributed by atoms with Gasteiger partial charge in [0.25, 0.3) is 0 Å². The fraction of sp³-hybridized carbons (Fsp3) is 0.571. The lowest BCUT2D eigenvalue weighted by atomic mass is 10.1. The average Bonchev–Trinajstić information content (AvgIpc) is 3.14. The summed E-state index contributed by atoms with van der Waals surface area (Å²) in [5.74, 6) is -0.0968. The maximum absolute atomic E-state index is 13.6. The smallest absolute Gasteiger partial charge is 0.127 e. The van der Waals surface area contributed by atoms with Crippen LogP contribution in [0.15, 0.2) is 18.2 Å². The van der Waals surface area contributed by atoms with Gasteiger partial charge in [0.15, 0.2) is 0 Å². The van der Waals surface area contributed by atoms with Crippen molar-refractivity contribution in [3.8, 4) is 0 Å². The van der Waals surface area contributed by atoms with E-state index in [1.807, 2.05) is 19.2 Å². The van der Waals surface area contributed by atoms with Gasteiger partial charge in [0.2, 0.25) is 0 Å². The van der Waals surface area contributed by atoms with Gasteiger partial charge < -0.3 is 10.2 Å². The summed E-state index contributed by atoms with van der Waals surface area (Å²) in [6, 6.07) is 6.14. The first-order valence-electron chi connectivity index (χ1n) is 6.38. The lowest BCUT2D eigenvalue weighted by molar-refractivity contribution is 0.339. The van der Waals surface area contributed by atoms with Crippen LogP contribution in [0, 0.1) is 5.82 Å². The number of halogens is 1. The number of nitrogens with one attached hydrogen (secondary N) is 1. The van der Waals surface area contributed by atoms with E-state index in [0.717, 1.165) is 18.7 Å². The lowest BCUT2D eigenvalue weighted by Crippen LogP contribution is -2.19. The number of hydrogen-bond acceptors (Lipinski definition) is 2. The van der Waals surface area contributed by atoms with Crippen LogP contribution >= 0.6 is 0 Å². The van der Waals surface area contributed by atoms with Crippen molar-refractivity contribution >= 4 is 0 Å². The van der Waals surface area contributed by atoms with E-state index in [1.165, 1.54) is 18.4 Å². The molecule has 0 unspecified atom stereocenters. The van der Waals surface area contributed by atoms with Crippen molar-refractivity contribution in [3.63, 3.8) is 0 Å². The SMILES string of the molecule is CCN(C)Cc1cc(CNC2CC2)ccc1F. The molecule has 0 aromatic heterocycles. The summed E-state index contributed by atoms with van der Waals surface area (Å²) in [5.41, 5.74) is 1.97. The number of benzene rings is 1. The third kappa shape index (κ3) is 3.79. The zero-order valence-electron chi connectivity index (χ0n) is 10.7. The molecule has 1 N–H and O–H groups in total. The summed E-state index contributed by atoms with van der Waals surface area (Å²) in [6.45, 7) is 4.55. The Morgan fingerprint density at radius 1 is 1.41 bits per heavy atom. The summed E-state index contributed by atoms with van der Waals surface area (Å²) < 4.78 is 13.6. The van der Waals surface area contributed by atoms with E-state index in [0.29, 0.717) is 12.6 Å². The van der Waals surface area contributed by atoms with Gasteiger partial charge in [-0.15, -0.1) is 0 Å². The van der Waals surface area contributed by atoms with Crippen LogP contribution in [0.5, 0.6) is 0 Å². The molecule has 1 aromatic rings. The fourth-order valence-electron chi connectivity index (χ4n) is 1.81. The summed E-state index contributed by atoms with van der Waals surface area (Å²) in [4.78, 5) is 2.11. The van der Waals surface area contributed by atoms with Crippen molar-refractivity contribution in [2.45, 2.75) is 38.9 Å². The molecule has 0 aliphatic heterocycles. The van der Waals surface area contributed by atoms with Crippen LogP contribution < -0.4 is 5.32 Å². The Morgan fingerprint density at radius 2 is 2.18 bits per heavy atom. The van der Waals surface area contributed by atoms with E-state index >= 15 is 0 Å². The molecule has 1 aromatic carbocycles. The molecule has 1 aliphatic carbocycles. The van der Waals surface area contributed by atoms with Gasteiger partial charge in [-0.25, -0.2) is 4.39 Å². The van der Waals surface area contributed by atoms with Crippen LogP contribution in [0.25, 0.3) is 0 Å². The molecule has 1 aliphatic rings. The van der Waals surface area contributed by atoms with Crippen LogP contribution in [0.4, 0.5) is 4.39 Å². The zero-order valence-corrected chi connectivity index (χ0v) is 10.7. The molecule has 0 bridgehead atoms. The minimum absolute atomic E-state index is 0.0968. The molecule has 0 heterocycles. The highest BCUT2D eigenvalue weighted by molar-refractivity contribution is 5.25. The molecule has 2 nitrogen and oxygen atoms in total. The highest BCUT2D eigenvalue weighted by Crippen LogP contribution is 2.20. The Balaban J connectivity index is 1.99. The average molecular weight is 236 g/mol. The van der Waals surface area contributed by atoms with E-state index in [-0.39, 0.29) is 5.82 Å². The predicted octanol–water partition coefficient (Wildman–Crippen LogP) is 2.53. The van der Waals surface area contributed by atoms with Gasteiger partial charge >= 0.3 is 0 Å². The molecule has 0 spiro atoms. The highest BCUT2D eigenvalue weighted by atomic mass is 19.1. The predicted molar refractivity (Wildman–Crippen MR) is 68.3 cm³/mol. The van der Waals surface area contributed by atoms with Crippen LogP contribution in [0.2, 0.25) is 0 Å². The number of nitrogens with zero attached hydrogens (tertiary/aromatic N) is 1. The maximum atomic E-state index is 13.6. The number of rotatable bonds is 6. The van der Waals surface area contributed by atoms with Gasteiger partial charge in [-0.3, -0.25) is 0 Å². The molecular weight excluding hydrogens is 215 g/mol. The maximum Gasteiger partial charge on any atom is 0.127 e. The van der Waals surface area contributed by atoms with Crippen LogP contribution in [-0.4, -0.2) is 24.5 Å². The second kappa shape index (κ2) is 5.61. The van der Waals surface area contributed by atoms with Gasteiger partial charge in [-0.2, -0.15) is 0 Å². The first-order valence-corrected chi connectivity index (χ1v) is 6.38. The molecule has 1 fully saturated rings. The third-order valence-electron chi connectivity index (χ3n) is 3.26. The minimum atomic E-state index is -0.0968. The van der Waals surface area contributed by atoms with Crippen LogP contribution in [0.3, 0.4) is 0 Å². The third-order valence-corrected chi connectivity index (χ3v) is 3.26. The molecule has 0 radical (unpaired) electrons. The molecule has 0 atom stereocenters. The Morgan fingerprint density at radius 3 is 2.82 bits per heavy atom. The summed E-state index contributed by atoms with van der Waals surface area (Å²) in [6.07, 6.45) is 2.57. The van der Waals surface area contributed by atoms with Crippen molar-refractivity contribution in [2.24, 2.45) is 0 Å². The van der Waals surface area contributed by atoms with E-state index in [9.17, 15) is 4.39 Å². The van der Waals surface area contributed by atoms with E-state index in [1.54, 1.807) is 6.07 Å². The Bertz CT molecular complexity index is 374. The van der Waals surface area contributed by atoms with Crippen molar-refractivity contribution in [1.29, 1.82) is 0 Å². The van der Waals surface area contributed by atoms with Crippen molar-refractivity contribution in [1.82, 2.24) is 10.2 Å². The highest BCUT2D eigenvalue weighted by Gasteiger charge is 2.20. The normalized spacial score (nSPS) is 15.5.